The van der Waals surface area contributed by atoms with Crippen LogP contribution in [0.5, 0.6) is 0 Å². The number of hydrogen-bond acceptors (Lipinski definition) is 4. The summed E-state index contributed by atoms with van der Waals surface area (Å²) in [7, 11) is -3.70. The number of carbonyl (C=O) groups excluding carboxylic acids is 1. The van der Waals surface area contributed by atoms with Crippen LogP contribution in [0, 0.1) is 5.92 Å². The maximum atomic E-state index is 12.4. The second-order valence-corrected chi connectivity index (χ2v) is 7.85. The molecule has 1 saturated carbocycles. The molecule has 1 aromatic carbocycles. The maximum absolute atomic E-state index is 12.4. The Morgan fingerprint density at radius 1 is 1.28 bits per heavy atom. The van der Waals surface area contributed by atoms with Crippen LogP contribution in [0.3, 0.4) is 0 Å². The Bertz CT molecular complexity index is 882. The number of anilines is 1. The number of benzene rings is 1. The molecule has 1 heterocycles. The Balaban J connectivity index is 1.67. The third kappa shape index (κ3) is 4.80. The van der Waals surface area contributed by atoms with Crippen LogP contribution in [0.1, 0.15) is 25.5 Å². The Labute approximate surface area is 147 Å². The van der Waals surface area contributed by atoms with Crippen molar-refractivity contribution < 1.29 is 17.6 Å². The van der Waals surface area contributed by atoms with Crippen molar-refractivity contribution in [2.45, 2.75) is 31.2 Å². The summed E-state index contributed by atoms with van der Waals surface area (Å²) in [5, 5.41) is 2.71. The molecule has 2 aromatic rings. The molecule has 0 bridgehead atoms. The van der Waals surface area contributed by atoms with Crippen molar-refractivity contribution in [3.8, 4) is 0 Å². The zero-order valence-corrected chi connectivity index (χ0v) is 14.7. The number of carbonyl (C=O) groups is 1. The molecule has 0 unspecified atom stereocenters. The third-order valence-corrected chi connectivity index (χ3v) is 5.41. The molecule has 2 N–H and O–H groups in total. The van der Waals surface area contributed by atoms with E-state index in [-0.39, 0.29) is 17.3 Å². The highest BCUT2D eigenvalue weighted by Gasteiger charge is 2.23. The lowest BCUT2D eigenvalue weighted by Crippen LogP contribution is -2.23. The zero-order valence-electron chi connectivity index (χ0n) is 13.9. The number of amides is 1. The molecule has 1 aliphatic carbocycles. The van der Waals surface area contributed by atoms with Crippen LogP contribution in [-0.2, 0) is 21.4 Å². The highest BCUT2D eigenvalue weighted by Crippen LogP contribution is 2.35. The highest BCUT2D eigenvalue weighted by molar-refractivity contribution is 7.89. The van der Waals surface area contributed by atoms with Gasteiger partial charge in [-0.1, -0.05) is 11.6 Å². The van der Waals surface area contributed by atoms with Crippen LogP contribution in [0.25, 0.3) is 0 Å². The summed E-state index contributed by atoms with van der Waals surface area (Å²) in [5.41, 5.74) is 1.49. The van der Waals surface area contributed by atoms with E-state index in [1.165, 1.54) is 18.4 Å². The van der Waals surface area contributed by atoms with E-state index in [9.17, 15) is 13.2 Å². The molecule has 0 atom stereocenters. The van der Waals surface area contributed by atoms with Gasteiger partial charge in [-0.3, -0.25) is 4.79 Å². The lowest BCUT2D eigenvalue weighted by molar-refractivity contribution is -0.112. The molecule has 7 heteroatoms. The number of allylic oxidation sites excluding steroid dienone is 1. The van der Waals surface area contributed by atoms with Crippen molar-refractivity contribution in [3.05, 3.63) is 60.1 Å². The fourth-order valence-electron chi connectivity index (χ4n) is 2.45. The van der Waals surface area contributed by atoms with Gasteiger partial charge in [0, 0.05) is 11.8 Å². The predicted octanol–water partition coefficient (Wildman–Crippen LogP) is 3.05. The van der Waals surface area contributed by atoms with Gasteiger partial charge in [-0.25, -0.2) is 13.1 Å². The van der Waals surface area contributed by atoms with Crippen molar-refractivity contribution in [2.24, 2.45) is 5.92 Å². The van der Waals surface area contributed by atoms with Crippen molar-refractivity contribution in [1.29, 1.82) is 0 Å². The molecule has 0 spiro atoms. The van der Waals surface area contributed by atoms with Gasteiger partial charge in [0.1, 0.15) is 5.76 Å². The second-order valence-electron chi connectivity index (χ2n) is 6.08. The van der Waals surface area contributed by atoms with Crippen LogP contribution >= 0.6 is 0 Å². The van der Waals surface area contributed by atoms with E-state index >= 15 is 0 Å². The van der Waals surface area contributed by atoms with Gasteiger partial charge in [0.05, 0.1) is 17.7 Å². The molecule has 0 aliphatic heterocycles. The Morgan fingerprint density at radius 2 is 2.08 bits per heavy atom. The van der Waals surface area contributed by atoms with E-state index in [1.807, 2.05) is 6.92 Å². The summed E-state index contributed by atoms with van der Waals surface area (Å²) < 4.78 is 32.3. The van der Waals surface area contributed by atoms with Crippen LogP contribution in [0.15, 0.2) is 63.6 Å². The van der Waals surface area contributed by atoms with Gasteiger partial charge in [-0.05, 0) is 56.0 Å². The lowest BCUT2D eigenvalue weighted by Gasteiger charge is -2.08. The molecular formula is C18H20N2O4S. The maximum Gasteiger partial charge on any atom is 0.248 e. The minimum absolute atomic E-state index is 0.0647. The van der Waals surface area contributed by atoms with Crippen LogP contribution in [0.2, 0.25) is 0 Å². The quantitative estimate of drug-likeness (QED) is 0.743. The van der Waals surface area contributed by atoms with Gasteiger partial charge in [0.2, 0.25) is 15.9 Å². The Hall–Kier alpha value is -2.38. The van der Waals surface area contributed by atoms with Gasteiger partial charge in [0.25, 0.3) is 0 Å². The van der Waals surface area contributed by atoms with E-state index in [4.69, 9.17) is 4.42 Å². The molecule has 3 rings (SSSR count). The molecule has 1 aliphatic rings. The normalized spacial score (nSPS) is 15.2. The Morgan fingerprint density at radius 3 is 2.76 bits per heavy atom. The minimum Gasteiger partial charge on any atom is -0.468 e. The van der Waals surface area contributed by atoms with Crippen molar-refractivity contribution in [3.63, 3.8) is 0 Å². The van der Waals surface area contributed by atoms with Gasteiger partial charge >= 0.3 is 0 Å². The molecule has 1 amide bonds. The summed E-state index contributed by atoms with van der Waals surface area (Å²) >= 11 is 0. The topological polar surface area (TPSA) is 88.4 Å². The first-order valence-electron chi connectivity index (χ1n) is 8.05. The Kier molecular flexibility index (Phi) is 5.06. The van der Waals surface area contributed by atoms with Crippen LogP contribution in [0.4, 0.5) is 5.69 Å². The average Bonchev–Trinajstić information content (AvgIpc) is 3.30. The van der Waals surface area contributed by atoms with E-state index in [1.54, 1.807) is 30.3 Å². The van der Waals surface area contributed by atoms with Crippen LogP contribution in [-0.4, -0.2) is 14.3 Å². The number of rotatable bonds is 7. The third-order valence-electron chi connectivity index (χ3n) is 4.01. The molecule has 1 aromatic heterocycles. The van der Waals surface area contributed by atoms with Crippen molar-refractivity contribution in [2.75, 3.05) is 5.32 Å². The first kappa shape index (κ1) is 17.4. The number of nitrogens with one attached hydrogen (secondary N) is 2. The van der Waals surface area contributed by atoms with Gasteiger partial charge in [-0.2, -0.15) is 0 Å². The largest absolute Gasteiger partial charge is 0.468 e. The molecule has 25 heavy (non-hydrogen) atoms. The van der Waals surface area contributed by atoms with Crippen molar-refractivity contribution in [1.82, 2.24) is 4.72 Å². The fourth-order valence-corrected chi connectivity index (χ4v) is 3.48. The number of hydrogen-bond donors (Lipinski definition) is 2. The SMILES string of the molecule is CC(=CC(=O)Nc1cccc(S(=O)(=O)NCc2ccco2)c1)C1CC1. The number of furan rings is 1. The van der Waals surface area contributed by atoms with E-state index < -0.39 is 10.0 Å². The van der Waals surface area contributed by atoms with Gasteiger partial charge in [0.15, 0.2) is 0 Å². The molecule has 132 valence electrons. The van der Waals surface area contributed by atoms with E-state index in [0.717, 1.165) is 18.4 Å². The lowest BCUT2D eigenvalue weighted by atomic mass is 10.2. The fraction of sp³-hybridized carbons (Fsp3) is 0.278. The monoisotopic (exact) mass is 360 g/mol. The molecule has 0 saturated heterocycles. The summed E-state index contributed by atoms with van der Waals surface area (Å²) in [4.78, 5) is 12.1. The minimum atomic E-state index is -3.70. The molecule has 6 nitrogen and oxygen atoms in total. The van der Waals surface area contributed by atoms with E-state index in [0.29, 0.717) is 17.4 Å². The summed E-state index contributed by atoms with van der Waals surface area (Å²) in [6, 6.07) is 9.54. The predicted molar refractivity (Wildman–Crippen MR) is 94.3 cm³/mol. The smallest absolute Gasteiger partial charge is 0.248 e. The molecule has 0 radical (unpaired) electrons. The van der Waals surface area contributed by atoms with E-state index in [2.05, 4.69) is 10.0 Å². The summed E-state index contributed by atoms with van der Waals surface area (Å²) in [6.45, 7) is 2.01. The van der Waals surface area contributed by atoms with Gasteiger partial charge in [-0.15, -0.1) is 0 Å². The molecular weight excluding hydrogens is 340 g/mol. The average molecular weight is 360 g/mol. The summed E-state index contributed by atoms with van der Waals surface area (Å²) in [6.07, 6.45) is 5.32. The van der Waals surface area contributed by atoms with Crippen molar-refractivity contribution >= 4 is 21.6 Å². The van der Waals surface area contributed by atoms with Crippen LogP contribution < -0.4 is 10.0 Å². The highest BCUT2D eigenvalue weighted by atomic mass is 32.2. The first-order chi connectivity index (χ1) is 11.9. The second kappa shape index (κ2) is 7.25. The number of sulfonamides is 1. The standard InChI is InChI=1S/C18H20N2O4S/c1-13(14-7-8-14)10-18(21)20-15-4-2-6-17(11-15)25(22,23)19-12-16-5-3-9-24-16/h2-6,9-11,14,19H,7-8,12H2,1H3,(H,20,21). The summed E-state index contributed by atoms with van der Waals surface area (Å²) in [5.74, 6) is 0.791. The van der Waals surface area contributed by atoms with Gasteiger partial charge < -0.3 is 9.73 Å². The molecule has 1 fully saturated rings. The first-order valence-corrected chi connectivity index (χ1v) is 9.54. The zero-order chi connectivity index (χ0) is 17.9.